The molecule has 3 N–H and O–H groups in total. The van der Waals surface area contributed by atoms with Crippen molar-refractivity contribution in [1.82, 2.24) is 9.97 Å². The molecule has 4 nitrogen and oxygen atoms in total. The number of H-pyrrole nitrogens is 1. The van der Waals surface area contributed by atoms with Crippen LogP contribution in [0.15, 0.2) is 5.16 Å². The zero-order valence-corrected chi connectivity index (χ0v) is 11.9. The second-order valence-electron chi connectivity index (χ2n) is 4.21. The Bertz CT molecular complexity index is 370. The zero-order valence-electron chi connectivity index (χ0n) is 8.93. The number of carbonyl (C=O) groups is 1. The predicted octanol–water partition coefficient (Wildman–Crippen LogP) is 1.89. The molecule has 84 valence electrons. The Balaban J connectivity index is 2.82. The Hall–Kier alpha value is -0.240. The first-order valence-corrected chi connectivity index (χ1v) is 6.54. The molecule has 0 fully saturated rings. The molecule has 0 radical (unpaired) electrons. The van der Waals surface area contributed by atoms with Crippen LogP contribution >= 0.6 is 34.4 Å². The lowest BCUT2D eigenvalue weighted by Gasteiger charge is -2.16. The summed E-state index contributed by atoms with van der Waals surface area (Å²) in [6.07, 6.45) is 0. The van der Waals surface area contributed by atoms with Crippen LogP contribution in [0.5, 0.6) is 0 Å². The minimum absolute atomic E-state index is 0.0368. The molecule has 0 atom stereocenters. The van der Waals surface area contributed by atoms with Gasteiger partial charge in [0.1, 0.15) is 3.70 Å². The van der Waals surface area contributed by atoms with E-state index in [-0.39, 0.29) is 17.1 Å². The van der Waals surface area contributed by atoms with Gasteiger partial charge in [0.15, 0.2) is 5.16 Å². The fourth-order valence-corrected chi connectivity index (χ4v) is 2.99. The zero-order chi connectivity index (χ0) is 11.6. The molecule has 0 aromatic carbocycles. The number of carbonyl (C=O) groups excluding carboxylic acids is 1. The number of imidazole rings is 1. The van der Waals surface area contributed by atoms with Crippen LogP contribution in [0.25, 0.3) is 0 Å². The number of nitrogens with two attached hydrogens (primary N) is 1. The third-order valence-corrected chi connectivity index (χ3v) is 3.42. The Morgan fingerprint density at radius 2 is 2.20 bits per heavy atom. The normalized spacial score (nSPS) is 11.7. The summed E-state index contributed by atoms with van der Waals surface area (Å²) in [4.78, 5) is 18.2. The Morgan fingerprint density at radius 1 is 1.60 bits per heavy atom. The molecular formula is C9H14IN3OS. The van der Waals surface area contributed by atoms with Gasteiger partial charge in [0.05, 0.1) is 11.4 Å². The number of primary amides is 1. The van der Waals surface area contributed by atoms with E-state index in [0.717, 1.165) is 14.6 Å². The quantitative estimate of drug-likeness (QED) is 0.653. The lowest BCUT2D eigenvalue weighted by Crippen LogP contribution is -2.14. The monoisotopic (exact) mass is 339 g/mol. The van der Waals surface area contributed by atoms with E-state index >= 15 is 0 Å². The molecule has 0 saturated heterocycles. The van der Waals surface area contributed by atoms with Gasteiger partial charge in [-0.05, 0) is 22.6 Å². The second kappa shape index (κ2) is 4.73. The summed E-state index contributed by atoms with van der Waals surface area (Å²) in [5.41, 5.74) is 6.20. The number of halogens is 1. The number of nitrogens with one attached hydrogen (secondary N) is 1. The SMILES string of the molecule is CC(C)(C)c1[nH]c(SCC(N)=O)nc1I. The van der Waals surface area contributed by atoms with Crippen LogP contribution in [0.4, 0.5) is 0 Å². The lowest BCUT2D eigenvalue weighted by molar-refractivity contribution is -0.115. The molecule has 0 aliphatic carbocycles. The summed E-state index contributed by atoms with van der Waals surface area (Å²) in [6.45, 7) is 6.35. The van der Waals surface area contributed by atoms with Crippen LogP contribution in [0.3, 0.4) is 0 Å². The number of rotatable bonds is 3. The van der Waals surface area contributed by atoms with Gasteiger partial charge in [-0.2, -0.15) is 0 Å². The van der Waals surface area contributed by atoms with Crippen LogP contribution in [0, 0.1) is 3.70 Å². The first kappa shape index (κ1) is 12.8. The molecule has 0 bridgehead atoms. The highest BCUT2D eigenvalue weighted by Crippen LogP contribution is 2.27. The van der Waals surface area contributed by atoms with Crippen molar-refractivity contribution in [1.29, 1.82) is 0 Å². The molecule has 1 aromatic heterocycles. The predicted molar refractivity (Wildman–Crippen MR) is 69.9 cm³/mol. The molecule has 1 rings (SSSR count). The molecule has 6 heteroatoms. The maximum absolute atomic E-state index is 10.6. The fraction of sp³-hybridized carbons (Fsp3) is 0.556. The summed E-state index contributed by atoms with van der Waals surface area (Å²) in [7, 11) is 0. The number of aromatic nitrogens is 2. The van der Waals surface area contributed by atoms with E-state index in [1.54, 1.807) is 0 Å². The smallest absolute Gasteiger partial charge is 0.227 e. The summed E-state index contributed by atoms with van der Waals surface area (Å²) >= 11 is 3.53. The van der Waals surface area contributed by atoms with Gasteiger partial charge in [0.25, 0.3) is 0 Å². The van der Waals surface area contributed by atoms with Crippen LogP contribution < -0.4 is 5.73 Å². The van der Waals surface area contributed by atoms with Gasteiger partial charge in [0, 0.05) is 5.41 Å². The Morgan fingerprint density at radius 3 is 2.60 bits per heavy atom. The Labute approximate surface area is 107 Å². The van der Waals surface area contributed by atoms with Gasteiger partial charge in [-0.25, -0.2) is 4.98 Å². The highest BCUT2D eigenvalue weighted by atomic mass is 127. The molecule has 0 aliphatic rings. The molecule has 0 aliphatic heterocycles. The lowest BCUT2D eigenvalue weighted by atomic mass is 9.93. The van der Waals surface area contributed by atoms with Crippen LogP contribution in [-0.4, -0.2) is 21.6 Å². The van der Waals surface area contributed by atoms with Gasteiger partial charge < -0.3 is 10.7 Å². The van der Waals surface area contributed by atoms with Gasteiger partial charge in [-0.1, -0.05) is 32.5 Å². The summed E-state index contributed by atoms with van der Waals surface area (Å²) < 4.78 is 0.951. The number of nitrogens with zero attached hydrogens (tertiary/aromatic N) is 1. The van der Waals surface area contributed by atoms with Gasteiger partial charge in [0.2, 0.25) is 5.91 Å². The third-order valence-electron chi connectivity index (χ3n) is 1.74. The van der Waals surface area contributed by atoms with Crippen molar-refractivity contribution in [3.8, 4) is 0 Å². The maximum Gasteiger partial charge on any atom is 0.227 e. The van der Waals surface area contributed by atoms with E-state index in [1.165, 1.54) is 11.8 Å². The molecule has 1 heterocycles. The summed E-state index contributed by atoms with van der Waals surface area (Å²) in [5.74, 6) is -0.0728. The number of amides is 1. The van der Waals surface area contributed by atoms with Gasteiger partial charge >= 0.3 is 0 Å². The van der Waals surface area contributed by atoms with Crippen LogP contribution in [0.1, 0.15) is 26.5 Å². The van der Waals surface area contributed by atoms with E-state index in [2.05, 4.69) is 53.3 Å². The van der Waals surface area contributed by atoms with Gasteiger partial charge in [-0.15, -0.1) is 0 Å². The molecule has 1 amide bonds. The average molecular weight is 339 g/mol. The third kappa shape index (κ3) is 3.67. The van der Waals surface area contributed by atoms with E-state index in [0.29, 0.717) is 0 Å². The second-order valence-corrected chi connectivity index (χ2v) is 6.20. The van der Waals surface area contributed by atoms with Gasteiger partial charge in [-0.3, -0.25) is 4.79 Å². The highest BCUT2D eigenvalue weighted by molar-refractivity contribution is 14.1. The maximum atomic E-state index is 10.6. The number of thioether (sulfide) groups is 1. The van der Waals surface area contributed by atoms with Crippen molar-refractivity contribution >= 4 is 40.3 Å². The molecule has 1 aromatic rings. The largest absolute Gasteiger partial charge is 0.369 e. The summed E-state index contributed by atoms with van der Waals surface area (Å²) in [6, 6.07) is 0. The molecule has 15 heavy (non-hydrogen) atoms. The summed E-state index contributed by atoms with van der Waals surface area (Å²) in [5, 5.41) is 0.753. The van der Waals surface area contributed by atoms with E-state index in [1.807, 2.05) is 0 Å². The Kier molecular flexibility index (Phi) is 4.05. The first-order valence-electron chi connectivity index (χ1n) is 4.48. The van der Waals surface area contributed by atoms with Crippen LogP contribution in [-0.2, 0) is 10.2 Å². The van der Waals surface area contributed by atoms with Crippen molar-refractivity contribution < 1.29 is 4.79 Å². The van der Waals surface area contributed by atoms with Crippen molar-refractivity contribution in [3.63, 3.8) is 0 Å². The van der Waals surface area contributed by atoms with Crippen LogP contribution in [0.2, 0.25) is 0 Å². The van der Waals surface area contributed by atoms with E-state index in [4.69, 9.17) is 5.73 Å². The topological polar surface area (TPSA) is 71.8 Å². The van der Waals surface area contributed by atoms with E-state index < -0.39 is 0 Å². The molecule has 0 unspecified atom stereocenters. The van der Waals surface area contributed by atoms with Crippen molar-refractivity contribution in [3.05, 3.63) is 9.39 Å². The van der Waals surface area contributed by atoms with Crippen molar-refractivity contribution in [2.75, 3.05) is 5.75 Å². The number of aromatic amines is 1. The molecular weight excluding hydrogens is 325 g/mol. The minimum atomic E-state index is -0.330. The van der Waals surface area contributed by atoms with Crippen molar-refractivity contribution in [2.45, 2.75) is 31.3 Å². The number of hydrogen-bond donors (Lipinski definition) is 2. The fourth-order valence-electron chi connectivity index (χ4n) is 1.04. The molecule has 0 saturated carbocycles. The minimum Gasteiger partial charge on any atom is -0.369 e. The number of hydrogen-bond acceptors (Lipinski definition) is 3. The van der Waals surface area contributed by atoms with Crippen molar-refractivity contribution in [2.24, 2.45) is 5.73 Å². The average Bonchev–Trinajstić information content (AvgIpc) is 2.42. The first-order chi connectivity index (χ1) is 6.80. The highest BCUT2D eigenvalue weighted by Gasteiger charge is 2.21. The molecule has 0 spiro atoms. The van der Waals surface area contributed by atoms with E-state index in [9.17, 15) is 4.79 Å². The standard InChI is InChI=1S/C9H14IN3OS/c1-9(2,3)6-7(10)13-8(12-6)15-4-5(11)14/h4H2,1-3H3,(H2,11,14)(H,12,13).